The number of hydrogen-bond donors (Lipinski definition) is 3. The number of nitrogens with one attached hydrogen (secondary N) is 1. The molecule has 29 heavy (non-hydrogen) atoms. The molecular weight excluding hydrogens is 366 g/mol. The molecule has 5 nitrogen and oxygen atoms in total. The minimum Gasteiger partial charge on any atom is -0.480 e. The first-order chi connectivity index (χ1) is 14.0. The van der Waals surface area contributed by atoms with E-state index in [1.165, 1.54) is 56.9 Å². The van der Waals surface area contributed by atoms with Gasteiger partial charge in [-0.2, -0.15) is 0 Å². The van der Waals surface area contributed by atoms with Crippen LogP contribution < -0.4 is 5.32 Å². The predicted octanol–water partition coefficient (Wildman–Crippen LogP) is 5.17. The molecule has 0 heterocycles. The van der Waals surface area contributed by atoms with Crippen LogP contribution in [0.3, 0.4) is 0 Å². The van der Waals surface area contributed by atoms with Gasteiger partial charge in [0, 0.05) is 12.6 Å². The number of unbranched alkanes of at least 4 members (excludes halogenated alkanes) is 7. The summed E-state index contributed by atoms with van der Waals surface area (Å²) in [5.74, 6) is -2.45. The van der Waals surface area contributed by atoms with E-state index in [4.69, 9.17) is 0 Å². The Morgan fingerprint density at radius 3 is 2.03 bits per heavy atom. The van der Waals surface area contributed by atoms with Gasteiger partial charge in [0.1, 0.15) is 0 Å². The molecule has 1 saturated carbocycles. The fourth-order valence-electron chi connectivity index (χ4n) is 4.25. The van der Waals surface area contributed by atoms with Crippen molar-refractivity contribution in [1.29, 1.82) is 0 Å². The van der Waals surface area contributed by atoms with Crippen molar-refractivity contribution in [2.45, 2.75) is 96.6 Å². The SMILES string of the molecule is CCCCCCCCCCc1ccc(CNC2CCC(C(=O)O)(C(=O)O)C2)cc1. The Morgan fingerprint density at radius 1 is 0.931 bits per heavy atom. The lowest BCUT2D eigenvalue weighted by Gasteiger charge is -2.19. The number of hydrogen-bond acceptors (Lipinski definition) is 3. The maximum absolute atomic E-state index is 11.4. The van der Waals surface area contributed by atoms with Crippen LogP contribution in [0.15, 0.2) is 24.3 Å². The molecule has 1 aliphatic rings. The molecule has 1 unspecified atom stereocenters. The van der Waals surface area contributed by atoms with Gasteiger partial charge in [0.25, 0.3) is 0 Å². The summed E-state index contributed by atoms with van der Waals surface area (Å²) in [5.41, 5.74) is 0.876. The molecule has 5 heteroatoms. The van der Waals surface area contributed by atoms with Crippen LogP contribution in [0.5, 0.6) is 0 Å². The van der Waals surface area contributed by atoms with Gasteiger partial charge in [-0.15, -0.1) is 0 Å². The van der Waals surface area contributed by atoms with Gasteiger partial charge in [-0.3, -0.25) is 9.59 Å². The lowest BCUT2D eigenvalue weighted by atomic mass is 9.86. The molecular formula is C24H37NO4. The van der Waals surface area contributed by atoms with E-state index in [2.05, 4.69) is 36.5 Å². The molecule has 0 aromatic heterocycles. The molecule has 3 N–H and O–H groups in total. The monoisotopic (exact) mass is 403 g/mol. The van der Waals surface area contributed by atoms with Gasteiger partial charge in [-0.1, -0.05) is 76.1 Å². The average molecular weight is 404 g/mol. The Morgan fingerprint density at radius 2 is 1.48 bits per heavy atom. The molecule has 0 bridgehead atoms. The van der Waals surface area contributed by atoms with Crippen molar-refractivity contribution in [3.63, 3.8) is 0 Å². The van der Waals surface area contributed by atoms with Crippen LogP contribution in [-0.4, -0.2) is 28.2 Å². The summed E-state index contributed by atoms with van der Waals surface area (Å²) < 4.78 is 0. The summed E-state index contributed by atoms with van der Waals surface area (Å²) in [6.45, 7) is 2.89. The lowest BCUT2D eigenvalue weighted by molar-refractivity contribution is -0.164. The van der Waals surface area contributed by atoms with Crippen LogP contribution in [0, 0.1) is 5.41 Å². The zero-order chi connectivity index (χ0) is 21.1. The van der Waals surface area contributed by atoms with Crippen molar-refractivity contribution >= 4 is 11.9 Å². The van der Waals surface area contributed by atoms with Gasteiger partial charge in [0.05, 0.1) is 0 Å². The summed E-state index contributed by atoms with van der Waals surface area (Å²) in [4.78, 5) is 22.8. The fourth-order valence-corrected chi connectivity index (χ4v) is 4.25. The quantitative estimate of drug-likeness (QED) is 0.295. The zero-order valence-electron chi connectivity index (χ0n) is 17.8. The Bertz CT molecular complexity index is 627. The van der Waals surface area contributed by atoms with Crippen molar-refractivity contribution in [2.24, 2.45) is 5.41 Å². The van der Waals surface area contributed by atoms with E-state index in [1.54, 1.807) is 0 Å². The number of carboxylic acids is 2. The highest BCUT2D eigenvalue weighted by Gasteiger charge is 2.51. The molecule has 0 radical (unpaired) electrons. The molecule has 0 spiro atoms. The van der Waals surface area contributed by atoms with Crippen molar-refractivity contribution in [1.82, 2.24) is 5.32 Å². The van der Waals surface area contributed by atoms with Crippen LogP contribution in [0.4, 0.5) is 0 Å². The number of benzene rings is 1. The molecule has 0 saturated heterocycles. The number of rotatable bonds is 14. The van der Waals surface area contributed by atoms with Crippen molar-refractivity contribution < 1.29 is 19.8 Å². The largest absolute Gasteiger partial charge is 0.480 e. The van der Waals surface area contributed by atoms with Crippen molar-refractivity contribution in [2.75, 3.05) is 0 Å². The molecule has 1 aromatic carbocycles. The summed E-state index contributed by atoms with van der Waals surface area (Å²) >= 11 is 0. The molecule has 1 fully saturated rings. The standard InChI is InChI=1S/C24H37NO4/c1-2-3-4-5-6-7-8-9-10-19-11-13-20(14-12-19)18-25-21-15-16-24(17-21,22(26)27)23(28)29/h11-14,21,25H,2-10,15-18H2,1H3,(H,26,27)(H,28,29). The maximum Gasteiger partial charge on any atom is 0.321 e. The highest BCUT2D eigenvalue weighted by atomic mass is 16.4. The number of aliphatic carboxylic acids is 2. The van der Waals surface area contributed by atoms with Gasteiger partial charge in [-0.05, 0) is 43.2 Å². The maximum atomic E-state index is 11.4. The lowest BCUT2D eigenvalue weighted by Crippen LogP contribution is -2.39. The minimum absolute atomic E-state index is 0.0702. The van der Waals surface area contributed by atoms with Crippen LogP contribution in [-0.2, 0) is 22.6 Å². The Hall–Kier alpha value is -1.88. The first-order valence-electron chi connectivity index (χ1n) is 11.3. The molecule has 0 aliphatic heterocycles. The third-order valence-corrected chi connectivity index (χ3v) is 6.27. The molecule has 1 aromatic rings. The predicted molar refractivity (Wildman–Crippen MR) is 115 cm³/mol. The second kappa shape index (κ2) is 12.0. The molecule has 1 aliphatic carbocycles. The highest BCUT2D eigenvalue weighted by Crippen LogP contribution is 2.39. The number of carboxylic acid groups (broad SMARTS) is 2. The van der Waals surface area contributed by atoms with E-state index in [0.717, 1.165) is 12.0 Å². The van der Waals surface area contributed by atoms with Gasteiger partial charge in [0.2, 0.25) is 0 Å². The van der Waals surface area contributed by atoms with E-state index in [0.29, 0.717) is 13.0 Å². The average Bonchev–Trinajstić information content (AvgIpc) is 3.15. The second-order valence-electron chi connectivity index (χ2n) is 8.55. The van der Waals surface area contributed by atoms with Gasteiger partial charge < -0.3 is 15.5 Å². The minimum atomic E-state index is -1.63. The van der Waals surface area contributed by atoms with E-state index in [-0.39, 0.29) is 18.9 Å². The molecule has 1 atom stereocenters. The van der Waals surface area contributed by atoms with Crippen LogP contribution in [0.25, 0.3) is 0 Å². The van der Waals surface area contributed by atoms with Crippen molar-refractivity contribution in [3.8, 4) is 0 Å². The van der Waals surface area contributed by atoms with Gasteiger partial charge >= 0.3 is 11.9 Å². The molecule has 162 valence electrons. The highest BCUT2D eigenvalue weighted by molar-refractivity contribution is 5.98. The number of aryl methyl sites for hydroxylation is 1. The topological polar surface area (TPSA) is 86.6 Å². The van der Waals surface area contributed by atoms with Gasteiger partial charge in [0.15, 0.2) is 5.41 Å². The summed E-state index contributed by atoms with van der Waals surface area (Å²) in [6.07, 6.45) is 12.7. The molecule has 2 rings (SSSR count). The Balaban J connectivity index is 1.65. The van der Waals surface area contributed by atoms with E-state index < -0.39 is 17.4 Å². The number of carbonyl (C=O) groups is 2. The van der Waals surface area contributed by atoms with E-state index >= 15 is 0 Å². The van der Waals surface area contributed by atoms with E-state index in [1.807, 2.05) is 0 Å². The van der Waals surface area contributed by atoms with Gasteiger partial charge in [-0.25, -0.2) is 0 Å². The Labute approximate surface area is 174 Å². The summed E-state index contributed by atoms with van der Waals surface area (Å²) in [5, 5.41) is 22.0. The van der Waals surface area contributed by atoms with Crippen LogP contribution in [0.1, 0.15) is 88.7 Å². The first-order valence-corrected chi connectivity index (χ1v) is 11.3. The third kappa shape index (κ3) is 7.14. The molecule has 0 amide bonds. The van der Waals surface area contributed by atoms with Crippen molar-refractivity contribution in [3.05, 3.63) is 35.4 Å². The first kappa shape index (κ1) is 23.4. The normalized spacial score (nSPS) is 18.0. The zero-order valence-corrected chi connectivity index (χ0v) is 17.8. The fraction of sp³-hybridized carbons (Fsp3) is 0.667. The van der Waals surface area contributed by atoms with Crippen LogP contribution >= 0.6 is 0 Å². The second-order valence-corrected chi connectivity index (χ2v) is 8.55. The van der Waals surface area contributed by atoms with E-state index in [9.17, 15) is 19.8 Å². The summed E-state index contributed by atoms with van der Waals surface area (Å²) in [7, 11) is 0. The van der Waals surface area contributed by atoms with Crippen LogP contribution in [0.2, 0.25) is 0 Å². The summed E-state index contributed by atoms with van der Waals surface area (Å²) in [6, 6.07) is 8.50. The smallest absolute Gasteiger partial charge is 0.321 e. The third-order valence-electron chi connectivity index (χ3n) is 6.27. The Kier molecular flexibility index (Phi) is 9.65.